The number of hydrogen-bond donors (Lipinski definition) is 1. The van der Waals surface area contributed by atoms with Crippen LogP contribution in [0.2, 0.25) is 0 Å². The Morgan fingerprint density at radius 1 is 1.14 bits per heavy atom. The molecular formula is C12H26N2. The first kappa shape index (κ1) is 12.0. The summed E-state index contributed by atoms with van der Waals surface area (Å²) in [6.45, 7) is 14.0. The Balaban J connectivity index is 2.51. The van der Waals surface area contributed by atoms with Crippen LogP contribution in [0.1, 0.15) is 41.0 Å². The first-order valence-corrected chi connectivity index (χ1v) is 5.68. The highest BCUT2D eigenvalue weighted by Crippen LogP contribution is 2.30. The molecule has 0 bridgehead atoms. The fourth-order valence-electron chi connectivity index (χ4n) is 1.78. The highest BCUT2D eigenvalue weighted by molar-refractivity contribution is 4.94. The van der Waals surface area contributed by atoms with Gasteiger partial charge < -0.3 is 10.2 Å². The number of hydrogen-bond acceptors (Lipinski definition) is 2. The third-order valence-electron chi connectivity index (χ3n) is 3.83. The first-order chi connectivity index (χ1) is 6.22. The van der Waals surface area contributed by atoms with E-state index in [9.17, 15) is 0 Å². The van der Waals surface area contributed by atoms with E-state index in [1.807, 2.05) is 0 Å². The second-order valence-corrected chi connectivity index (χ2v) is 6.27. The second-order valence-electron chi connectivity index (χ2n) is 6.27. The smallest absolute Gasteiger partial charge is 0.0212 e. The van der Waals surface area contributed by atoms with Gasteiger partial charge in [-0.05, 0) is 39.3 Å². The summed E-state index contributed by atoms with van der Waals surface area (Å²) in [6.07, 6.45) is 1.29. The Morgan fingerprint density at radius 3 is 2.07 bits per heavy atom. The summed E-state index contributed by atoms with van der Waals surface area (Å²) in [4.78, 5) is 2.40. The largest absolute Gasteiger partial charge is 0.307 e. The van der Waals surface area contributed by atoms with Crippen molar-refractivity contribution in [1.29, 1.82) is 0 Å². The van der Waals surface area contributed by atoms with Crippen molar-refractivity contribution in [1.82, 2.24) is 10.2 Å². The van der Waals surface area contributed by atoms with Gasteiger partial charge in [-0.1, -0.05) is 20.8 Å². The molecule has 1 aliphatic heterocycles. The predicted molar refractivity (Wildman–Crippen MR) is 62.6 cm³/mol. The molecule has 0 aromatic carbocycles. The molecule has 0 aliphatic carbocycles. The van der Waals surface area contributed by atoms with Crippen molar-refractivity contribution in [2.45, 2.75) is 52.6 Å². The summed E-state index contributed by atoms with van der Waals surface area (Å²) >= 11 is 0. The molecule has 1 heterocycles. The maximum Gasteiger partial charge on any atom is 0.0212 e. The van der Waals surface area contributed by atoms with E-state index < -0.39 is 0 Å². The molecule has 1 N–H and O–H groups in total. The van der Waals surface area contributed by atoms with Crippen molar-refractivity contribution >= 4 is 0 Å². The third kappa shape index (κ3) is 2.71. The monoisotopic (exact) mass is 198 g/mol. The zero-order valence-electron chi connectivity index (χ0n) is 10.6. The number of likely N-dealkylation sites (N-methyl/N-ethyl adjacent to an activating group) is 1. The minimum absolute atomic E-state index is 0.211. The standard InChI is InChI=1S/C12H26N2/c1-11(2,3)12(4,5)13-10-7-8-14(6)9-10/h10,13H,7-9H2,1-6H3/t10-/m1/s1. The van der Waals surface area contributed by atoms with Gasteiger partial charge in [0.25, 0.3) is 0 Å². The Morgan fingerprint density at radius 2 is 1.71 bits per heavy atom. The molecule has 0 aromatic rings. The molecule has 0 aromatic heterocycles. The average molecular weight is 198 g/mol. The Labute approximate surface area is 89.1 Å². The molecule has 1 aliphatic rings. The molecule has 2 heteroatoms. The van der Waals surface area contributed by atoms with E-state index in [-0.39, 0.29) is 5.54 Å². The summed E-state index contributed by atoms with van der Waals surface area (Å²) in [5.74, 6) is 0. The van der Waals surface area contributed by atoms with Crippen LogP contribution in [0.5, 0.6) is 0 Å². The minimum atomic E-state index is 0.211. The van der Waals surface area contributed by atoms with Crippen LogP contribution in [0.3, 0.4) is 0 Å². The van der Waals surface area contributed by atoms with Crippen LogP contribution < -0.4 is 5.32 Å². The summed E-state index contributed by atoms with van der Waals surface area (Å²) in [7, 11) is 2.20. The van der Waals surface area contributed by atoms with Crippen LogP contribution in [0.25, 0.3) is 0 Å². The number of nitrogens with one attached hydrogen (secondary N) is 1. The van der Waals surface area contributed by atoms with Crippen molar-refractivity contribution in [3.8, 4) is 0 Å². The summed E-state index contributed by atoms with van der Waals surface area (Å²) < 4.78 is 0. The lowest BCUT2D eigenvalue weighted by Crippen LogP contribution is -2.54. The van der Waals surface area contributed by atoms with Gasteiger partial charge in [-0.25, -0.2) is 0 Å². The Kier molecular flexibility index (Phi) is 3.27. The number of rotatable bonds is 2. The van der Waals surface area contributed by atoms with Gasteiger partial charge in [0.1, 0.15) is 0 Å². The van der Waals surface area contributed by atoms with Gasteiger partial charge in [0.2, 0.25) is 0 Å². The second kappa shape index (κ2) is 3.82. The molecule has 84 valence electrons. The number of nitrogens with zero attached hydrogens (tertiary/aromatic N) is 1. The third-order valence-corrected chi connectivity index (χ3v) is 3.83. The molecule has 0 saturated carbocycles. The quantitative estimate of drug-likeness (QED) is 0.731. The Hall–Kier alpha value is -0.0800. The normalized spacial score (nSPS) is 25.7. The van der Waals surface area contributed by atoms with Crippen LogP contribution in [-0.2, 0) is 0 Å². The lowest BCUT2D eigenvalue weighted by molar-refractivity contribution is 0.158. The lowest BCUT2D eigenvalue weighted by atomic mass is 9.76. The van der Waals surface area contributed by atoms with Crippen molar-refractivity contribution < 1.29 is 0 Å². The van der Waals surface area contributed by atoms with Gasteiger partial charge in [0.05, 0.1) is 0 Å². The Bertz CT molecular complexity index is 191. The molecular weight excluding hydrogens is 172 g/mol. The molecule has 0 amide bonds. The lowest BCUT2D eigenvalue weighted by Gasteiger charge is -2.42. The highest BCUT2D eigenvalue weighted by atomic mass is 15.2. The predicted octanol–water partition coefficient (Wildman–Crippen LogP) is 2.10. The van der Waals surface area contributed by atoms with E-state index in [1.165, 1.54) is 19.5 Å². The van der Waals surface area contributed by atoms with Crippen molar-refractivity contribution in [3.63, 3.8) is 0 Å². The zero-order valence-corrected chi connectivity index (χ0v) is 10.6. The topological polar surface area (TPSA) is 15.3 Å². The van der Waals surface area contributed by atoms with Crippen LogP contribution in [0.4, 0.5) is 0 Å². The van der Waals surface area contributed by atoms with E-state index in [2.05, 4.69) is 51.9 Å². The molecule has 0 unspecified atom stereocenters. The van der Waals surface area contributed by atoms with Gasteiger partial charge in [0.15, 0.2) is 0 Å². The van der Waals surface area contributed by atoms with Crippen molar-refractivity contribution in [2.24, 2.45) is 5.41 Å². The van der Waals surface area contributed by atoms with Gasteiger partial charge in [-0.15, -0.1) is 0 Å². The van der Waals surface area contributed by atoms with Crippen molar-refractivity contribution in [3.05, 3.63) is 0 Å². The fraction of sp³-hybridized carbons (Fsp3) is 1.00. The van der Waals surface area contributed by atoms with E-state index in [4.69, 9.17) is 0 Å². The zero-order chi connectivity index (χ0) is 11.0. The molecule has 0 spiro atoms. The summed E-state index contributed by atoms with van der Waals surface area (Å²) in [6, 6.07) is 0.675. The van der Waals surface area contributed by atoms with E-state index in [0.29, 0.717) is 11.5 Å². The molecule has 1 saturated heterocycles. The van der Waals surface area contributed by atoms with Crippen molar-refractivity contribution in [2.75, 3.05) is 20.1 Å². The molecule has 1 atom stereocenters. The highest BCUT2D eigenvalue weighted by Gasteiger charge is 2.35. The maximum absolute atomic E-state index is 3.78. The van der Waals surface area contributed by atoms with Crippen LogP contribution >= 0.6 is 0 Å². The molecule has 2 nitrogen and oxygen atoms in total. The van der Waals surface area contributed by atoms with Gasteiger partial charge >= 0.3 is 0 Å². The van der Waals surface area contributed by atoms with Gasteiger partial charge in [0, 0.05) is 18.1 Å². The molecule has 1 rings (SSSR count). The first-order valence-electron chi connectivity index (χ1n) is 5.68. The fourth-order valence-corrected chi connectivity index (χ4v) is 1.78. The maximum atomic E-state index is 3.78. The van der Waals surface area contributed by atoms with Gasteiger partial charge in [-0.2, -0.15) is 0 Å². The van der Waals surface area contributed by atoms with Gasteiger partial charge in [-0.3, -0.25) is 0 Å². The van der Waals surface area contributed by atoms with Crippen LogP contribution in [0, 0.1) is 5.41 Å². The average Bonchev–Trinajstić information content (AvgIpc) is 2.31. The SMILES string of the molecule is CN1CC[C@@H](NC(C)(C)C(C)(C)C)C1. The van der Waals surface area contributed by atoms with E-state index >= 15 is 0 Å². The summed E-state index contributed by atoms with van der Waals surface area (Å²) in [5.41, 5.74) is 0.525. The van der Waals surface area contributed by atoms with E-state index in [1.54, 1.807) is 0 Å². The molecule has 14 heavy (non-hydrogen) atoms. The van der Waals surface area contributed by atoms with E-state index in [0.717, 1.165) is 0 Å². The van der Waals surface area contributed by atoms with Crippen LogP contribution in [-0.4, -0.2) is 36.6 Å². The number of likely N-dealkylation sites (tertiary alicyclic amines) is 1. The molecule has 0 radical (unpaired) electrons. The molecule has 1 fully saturated rings. The minimum Gasteiger partial charge on any atom is -0.307 e. The van der Waals surface area contributed by atoms with Crippen LogP contribution in [0.15, 0.2) is 0 Å². The summed E-state index contributed by atoms with van der Waals surface area (Å²) in [5, 5.41) is 3.78.